The first-order chi connectivity index (χ1) is 13.1. The van der Waals surface area contributed by atoms with E-state index in [1.54, 1.807) is 12.4 Å². The molecule has 27 heavy (non-hydrogen) atoms. The van der Waals surface area contributed by atoms with Gasteiger partial charge >= 0.3 is 0 Å². The Morgan fingerprint density at radius 3 is 2.44 bits per heavy atom. The molecule has 2 atom stereocenters. The van der Waals surface area contributed by atoms with Crippen LogP contribution in [-0.2, 0) is 0 Å². The average molecular weight is 365 g/mol. The Hall–Kier alpha value is -2.24. The van der Waals surface area contributed by atoms with Crippen LogP contribution in [0.4, 0.5) is 0 Å². The van der Waals surface area contributed by atoms with Crippen LogP contribution in [0.15, 0.2) is 42.7 Å². The van der Waals surface area contributed by atoms with E-state index in [9.17, 15) is 9.90 Å². The Kier molecular flexibility index (Phi) is 5.23. The number of benzene rings is 1. The van der Waals surface area contributed by atoms with Gasteiger partial charge in [-0.1, -0.05) is 29.8 Å². The zero-order valence-corrected chi connectivity index (χ0v) is 15.8. The summed E-state index contributed by atoms with van der Waals surface area (Å²) in [5.74, 6) is 0.0445. The number of amides is 1. The van der Waals surface area contributed by atoms with Gasteiger partial charge in [0.15, 0.2) is 0 Å². The second kappa shape index (κ2) is 7.79. The number of carbonyl (C=O) groups excluding carboxylic acids is 1. The molecule has 142 valence electrons. The molecule has 1 N–H and O–H groups in total. The van der Waals surface area contributed by atoms with Crippen LogP contribution in [0, 0.1) is 6.92 Å². The summed E-state index contributed by atoms with van der Waals surface area (Å²) in [5.41, 5.74) is 3.89. The number of rotatable bonds is 3. The Labute approximate surface area is 160 Å². The molecular weight excluding hydrogens is 338 g/mol. The fourth-order valence-corrected chi connectivity index (χ4v) is 4.25. The SMILES string of the molecule is Cc1ccc(-c2cncc(C(=O)N3CCN(C4CCCC4O)CC3)c2)cc1. The zero-order chi connectivity index (χ0) is 18.8. The lowest BCUT2D eigenvalue weighted by molar-refractivity contribution is 0.0315. The van der Waals surface area contributed by atoms with Crippen LogP contribution < -0.4 is 0 Å². The molecular formula is C22H27N3O2. The molecule has 0 bridgehead atoms. The third kappa shape index (κ3) is 3.89. The van der Waals surface area contributed by atoms with E-state index in [2.05, 4.69) is 41.1 Å². The number of aromatic nitrogens is 1. The van der Waals surface area contributed by atoms with Gasteiger partial charge in [-0.15, -0.1) is 0 Å². The molecule has 0 radical (unpaired) electrons. The second-order valence-corrected chi connectivity index (χ2v) is 7.72. The minimum Gasteiger partial charge on any atom is -0.391 e. The number of piperazine rings is 1. The van der Waals surface area contributed by atoms with Gasteiger partial charge in [0.2, 0.25) is 0 Å². The summed E-state index contributed by atoms with van der Waals surface area (Å²) in [6.45, 7) is 5.14. The molecule has 4 rings (SSSR count). The van der Waals surface area contributed by atoms with Crippen LogP contribution in [-0.4, -0.2) is 64.1 Å². The molecule has 1 aromatic carbocycles. The van der Waals surface area contributed by atoms with Gasteiger partial charge in [0.25, 0.3) is 5.91 Å². The van der Waals surface area contributed by atoms with Gasteiger partial charge in [-0.05, 0) is 37.8 Å². The zero-order valence-electron chi connectivity index (χ0n) is 15.8. The van der Waals surface area contributed by atoms with E-state index in [0.717, 1.165) is 43.5 Å². The van der Waals surface area contributed by atoms with Crippen molar-refractivity contribution in [2.24, 2.45) is 0 Å². The summed E-state index contributed by atoms with van der Waals surface area (Å²) in [6, 6.07) is 10.5. The number of hydrogen-bond donors (Lipinski definition) is 1. The minimum atomic E-state index is -0.206. The third-order valence-corrected chi connectivity index (χ3v) is 5.88. The molecule has 1 aromatic heterocycles. The topological polar surface area (TPSA) is 56.7 Å². The van der Waals surface area contributed by atoms with Crippen LogP contribution >= 0.6 is 0 Å². The highest BCUT2D eigenvalue weighted by atomic mass is 16.3. The maximum Gasteiger partial charge on any atom is 0.255 e. The van der Waals surface area contributed by atoms with Gasteiger partial charge < -0.3 is 10.0 Å². The lowest BCUT2D eigenvalue weighted by Gasteiger charge is -2.39. The van der Waals surface area contributed by atoms with Gasteiger partial charge in [-0.25, -0.2) is 0 Å². The lowest BCUT2D eigenvalue weighted by Crippen LogP contribution is -2.53. The van der Waals surface area contributed by atoms with E-state index in [-0.39, 0.29) is 18.1 Å². The maximum atomic E-state index is 12.9. The molecule has 1 aliphatic heterocycles. The van der Waals surface area contributed by atoms with Crippen LogP contribution in [0.3, 0.4) is 0 Å². The smallest absolute Gasteiger partial charge is 0.255 e. The second-order valence-electron chi connectivity index (χ2n) is 7.72. The third-order valence-electron chi connectivity index (χ3n) is 5.88. The van der Waals surface area contributed by atoms with Crippen LogP contribution in [0.1, 0.15) is 35.2 Å². The Balaban J connectivity index is 1.43. The van der Waals surface area contributed by atoms with Crippen molar-refractivity contribution >= 4 is 5.91 Å². The molecule has 5 heteroatoms. The van der Waals surface area contributed by atoms with Crippen LogP contribution in [0.5, 0.6) is 0 Å². The number of hydrogen-bond acceptors (Lipinski definition) is 4. The van der Waals surface area contributed by atoms with Gasteiger partial charge in [-0.2, -0.15) is 0 Å². The average Bonchev–Trinajstić information content (AvgIpc) is 3.14. The first-order valence-electron chi connectivity index (χ1n) is 9.85. The van der Waals surface area contributed by atoms with Crippen molar-refractivity contribution < 1.29 is 9.90 Å². The summed E-state index contributed by atoms with van der Waals surface area (Å²) < 4.78 is 0. The summed E-state index contributed by atoms with van der Waals surface area (Å²) in [7, 11) is 0. The number of pyridine rings is 1. The highest BCUT2D eigenvalue weighted by Crippen LogP contribution is 2.26. The van der Waals surface area contributed by atoms with E-state index in [0.29, 0.717) is 18.7 Å². The van der Waals surface area contributed by atoms with Gasteiger partial charge in [0.1, 0.15) is 0 Å². The molecule has 1 aliphatic carbocycles. The normalized spacial score (nSPS) is 23.6. The van der Waals surface area contributed by atoms with E-state index in [1.165, 1.54) is 5.56 Å². The number of aryl methyl sites for hydroxylation is 1. The standard InChI is InChI=1S/C22H27N3O2/c1-16-5-7-17(8-6-16)18-13-19(15-23-14-18)22(27)25-11-9-24(10-12-25)20-3-2-4-21(20)26/h5-8,13-15,20-21,26H,2-4,9-12H2,1H3. The number of aliphatic hydroxyl groups excluding tert-OH is 1. The first-order valence-corrected chi connectivity index (χ1v) is 9.85. The van der Waals surface area contributed by atoms with Crippen LogP contribution in [0.25, 0.3) is 11.1 Å². The molecule has 2 unspecified atom stereocenters. The van der Waals surface area contributed by atoms with Gasteiger partial charge in [-0.3, -0.25) is 14.7 Å². The molecule has 2 aliphatic rings. The Bertz CT molecular complexity index is 797. The van der Waals surface area contributed by atoms with Gasteiger partial charge in [0.05, 0.1) is 11.7 Å². The lowest BCUT2D eigenvalue weighted by atomic mass is 10.0. The Morgan fingerprint density at radius 1 is 1.04 bits per heavy atom. The van der Waals surface area contributed by atoms with Crippen molar-refractivity contribution in [3.05, 3.63) is 53.9 Å². The van der Waals surface area contributed by atoms with E-state index in [1.807, 2.05) is 11.0 Å². The summed E-state index contributed by atoms with van der Waals surface area (Å²) in [5, 5.41) is 10.1. The number of nitrogens with zero attached hydrogens (tertiary/aromatic N) is 3. The molecule has 1 saturated heterocycles. The van der Waals surface area contributed by atoms with Crippen molar-refractivity contribution in [1.82, 2.24) is 14.8 Å². The first kappa shape index (κ1) is 18.1. The molecule has 2 fully saturated rings. The molecule has 0 spiro atoms. The van der Waals surface area contributed by atoms with E-state index in [4.69, 9.17) is 0 Å². The summed E-state index contributed by atoms with van der Waals surface area (Å²) in [6.07, 6.45) is 6.33. The molecule has 1 saturated carbocycles. The predicted octanol–water partition coefficient (Wildman–Crippen LogP) is 2.73. The van der Waals surface area contributed by atoms with Crippen molar-refractivity contribution in [1.29, 1.82) is 0 Å². The number of aliphatic hydroxyl groups is 1. The molecule has 5 nitrogen and oxygen atoms in total. The predicted molar refractivity (Wildman–Crippen MR) is 106 cm³/mol. The molecule has 1 amide bonds. The molecule has 2 heterocycles. The number of carbonyl (C=O) groups is 1. The monoisotopic (exact) mass is 365 g/mol. The van der Waals surface area contributed by atoms with Crippen molar-refractivity contribution in [2.45, 2.75) is 38.3 Å². The minimum absolute atomic E-state index is 0.0445. The van der Waals surface area contributed by atoms with Crippen molar-refractivity contribution in [3.8, 4) is 11.1 Å². The summed E-state index contributed by atoms with van der Waals surface area (Å²) >= 11 is 0. The highest BCUT2D eigenvalue weighted by molar-refractivity contribution is 5.95. The fourth-order valence-electron chi connectivity index (χ4n) is 4.25. The van der Waals surface area contributed by atoms with Crippen LogP contribution in [0.2, 0.25) is 0 Å². The van der Waals surface area contributed by atoms with Crippen molar-refractivity contribution in [3.63, 3.8) is 0 Å². The van der Waals surface area contributed by atoms with Gasteiger partial charge in [0, 0.05) is 50.2 Å². The fraction of sp³-hybridized carbons (Fsp3) is 0.455. The van der Waals surface area contributed by atoms with E-state index < -0.39 is 0 Å². The maximum absolute atomic E-state index is 12.9. The summed E-state index contributed by atoms with van der Waals surface area (Å²) in [4.78, 5) is 21.5. The van der Waals surface area contributed by atoms with Crippen molar-refractivity contribution in [2.75, 3.05) is 26.2 Å². The Morgan fingerprint density at radius 2 is 1.78 bits per heavy atom. The molecule has 2 aromatic rings. The van der Waals surface area contributed by atoms with E-state index >= 15 is 0 Å². The largest absolute Gasteiger partial charge is 0.391 e. The quantitative estimate of drug-likeness (QED) is 0.909. The highest BCUT2D eigenvalue weighted by Gasteiger charge is 2.33.